The zero-order valence-corrected chi connectivity index (χ0v) is 18.8. The molecule has 2 heterocycles. The summed E-state index contributed by atoms with van der Waals surface area (Å²) in [6, 6.07) is 17.1. The molecule has 0 saturated carbocycles. The molecule has 2 aromatic carbocycles. The summed E-state index contributed by atoms with van der Waals surface area (Å²) < 4.78 is 11.0. The number of benzene rings is 2. The summed E-state index contributed by atoms with van der Waals surface area (Å²) in [7, 11) is 0. The van der Waals surface area contributed by atoms with Crippen LogP contribution in [-0.4, -0.2) is 48.5 Å². The van der Waals surface area contributed by atoms with Crippen LogP contribution in [0.5, 0.6) is 5.75 Å². The number of rotatable bonds is 7. The van der Waals surface area contributed by atoms with Gasteiger partial charge < -0.3 is 14.1 Å². The lowest BCUT2D eigenvalue weighted by atomic mass is 9.95. The molecule has 1 aromatic heterocycles. The van der Waals surface area contributed by atoms with Crippen LogP contribution in [0.2, 0.25) is 0 Å². The van der Waals surface area contributed by atoms with E-state index in [0.717, 1.165) is 41.8 Å². The monoisotopic (exact) mass is 434 g/mol. The minimum atomic E-state index is -0.348. The van der Waals surface area contributed by atoms with Crippen molar-refractivity contribution < 1.29 is 13.9 Å². The van der Waals surface area contributed by atoms with Crippen molar-refractivity contribution in [3.8, 4) is 5.75 Å². The van der Waals surface area contributed by atoms with Gasteiger partial charge in [-0.3, -0.25) is 9.69 Å². The van der Waals surface area contributed by atoms with Crippen molar-refractivity contribution in [2.75, 3.05) is 32.8 Å². The number of hydrogen-bond acceptors (Lipinski definition) is 5. The first kappa shape index (κ1) is 22.1. The summed E-state index contributed by atoms with van der Waals surface area (Å²) in [5.41, 5.74) is 2.22. The van der Waals surface area contributed by atoms with Crippen LogP contribution in [0.1, 0.15) is 37.3 Å². The van der Waals surface area contributed by atoms with Gasteiger partial charge in [-0.05, 0) is 42.7 Å². The Labute approximate surface area is 188 Å². The fourth-order valence-electron chi connectivity index (χ4n) is 4.42. The van der Waals surface area contributed by atoms with Crippen molar-refractivity contribution >= 4 is 16.9 Å². The van der Waals surface area contributed by atoms with E-state index in [1.54, 1.807) is 12.1 Å². The van der Waals surface area contributed by atoms with E-state index >= 15 is 0 Å². The standard InChI is InChI=1S/C26H30N2O4/c1-3-22(19-8-6-5-7-9-19)26(30)28-14-12-27(13-15-28)18-20-16-25(29)32-24-11-10-21(31-4-2)17-23(20)24/h5-11,16-17,22H,3-4,12-15,18H2,1-2H3. The van der Waals surface area contributed by atoms with Crippen LogP contribution in [0.15, 0.2) is 63.8 Å². The second-order valence-electron chi connectivity index (χ2n) is 8.15. The molecule has 168 valence electrons. The smallest absolute Gasteiger partial charge is 0.336 e. The molecule has 0 aliphatic carbocycles. The van der Waals surface area contributed by atoms with E-state index in [4.69, 9.17) is 9.15 Å². The Kier molecular flexibility index (Phi) is 6.90. The van der Waals surface area contributed by atoms with E-state index in [0.29, 0.717) is 31.8 Å². The second kappa shape index (κ2) is 10.0. The number of amides is 1. The van der Waals surface area contributed by atoms with Gasteiger partial charge in [-0.2, -0.15) is 0 Å². The topological polar surface area (TPSA) is 63.0 Å². The molecular formula is C26H30N2O4. The van der Waals surface area contributed by atoms with Crippen LogP contribution in [0.25, 0.3) is 11.0 Å². The van der Waals surface area contributed by atoms with Gasteiger partial charge in [-0.1, -0.05) is 37.3 Å². The Balaban J connectivity index is 1.45. The van der Waals surface area contributed by atoms with Crippen LogP contribution >= 0.6 is 0 Å². The number of carbonyl (C=O) groups excluding carboxylic acids is 1. The van der Waals surface area contributed by atoms with Gasteiger partial charge in [0.2, 0.25) is 5.91 Å². The maximum absolute atomic E-state index is 13.2. The van der Waals surface area contributed by atoms with E-state index in [-0.39, 0.29) is 17.5 Å². The van der Waals surface area contributed by atoms with Gasteiger partial charge in [0.25, 0.3) is 0 Å². The molecule has 1 unspecified atom stereocenters. The lowest BCUT2D eigenvalue weighted by Gasteiger charge is -2.36. The van der Waals surface area contributed by atoms with Crippen molar-refractivity contribution in [1.82, 2.24) is 9.80 Å². The van der Waals surface area contributed by atoms with E-state index < -0.39 is 0 Å². The Morgan fingerprint density at radius 3 is 2.47 bits per heavy atom. The van der Waals surface area contributed by atoms with Crippen LogP contribution in [0, 0.1) is 0 Å². The van der Waals surface area contributed by atoms with Gasteiger partial charge in [0.05, 0.1) is 12.5 Å². The molecule has 1 aliphatic rings. The first-order valence-electron chi connectivity index (χ1n) is 11.3. The third-order valence-electron chi connectivity index (χ3n) is 6.10. The number of carbonyl (C=O) groups is 1. The fourth-order valence-corrected chi connectivity index (χ4v) is 4.42. The molecule has 6 nitrogen and oxygen atoms in total. The molecule has 0 N–H and O–H groups in total. The lowest BCUT2D eigenvalue weighted by Crippen LogP contribution is -2.49. The molecule has 3 aromatic rings. The molecule has 1 atom stereocenters. The number of fused-ring (bicyclic) bond motifs is 1. The average Bonchev–Trinajstić information content (AvgIpc) is 2.81. The van der Waals surface area contributed by atoms with Gasteiger partial charge in [0, 0.05) is 44.2 Å². The summed E-state index contributed by atoms with van der Waals surface area (Å²) in [5, 5.41) is 0.893. The SMILES string of the molecule is CCOc1ccc2oc(=O)cc(CN3CCN(C(=O)C(CC)c4ccccc4)CC3)c2c1. The van der Waals surface area contributed by atoms with E-state index in [9.17, 15) is 9.59 Å². The number of ether oxygens (including phenoxy) is 1. The minimum absolute atomic E-state index is 0.0950. The van der Waals surface area contributed by atoms with Crippen molar-refractivity contribution in [3.63, 3.8) is 0 Å². The first-order chi connectivity index (χ1) is 15.6. The molecule has 4 rings (SSSR count). The predicted octanol–water partition coefficient (Wildman–Crippen LogP) is 4.03. The van der Waals surface area contributed by atoms with Gasteiger partial charge in [-0.15, -0.1) is 0 Å². The average molecular weight is 435 g/mol. The molecule has 1 aliphatic heterocycles. The molecule has 0 radical (unpaired) electrons. The van der Waals surface area contributed by atoms with Crippen molar-refractivity contribution in [3.05, 3.63) is 76.1 Å². The van der Waals surface area contributed by atoms with Crippen LogP contribution in [0.4, 0.5) is 0 Å². The maximum Gasteiger partial charge on any atom is 0.336 e. The summed E-state index contributed by atoms with van der Waals surface area (Å²) in [6.45, 7) is 8.13. The third kappa shape index (κ3) is 4.86. The number of hydrogen-bond donors (Lipinski definition) is 0. The third-order valence-corrected chi connectivity index (χ3v) is 6.10. The highest BCUT2D eigenvalue weighted by Gasteiger charge is 2.27. The molecule has 0 spiro atoms. The van der Waals surface area contributed by atoms with Crippen molar-refractivity contribution in [2.24, 2.45) is 0 Å². The van der Waals surface area contributed by atoms with Crippen molar-refractivity contribution in [1.29, 1.82) is 0 Å². The Morgan fingerprint density at radius 1 is 1.03 bits per heavy atom. The number of nitrogens with zero attached hydrogens (tertiary/aromatic N) is 2. The van der Waals surface area contributed by atoms with Crippen molar-refractivity contribution in [2.45, 2.75) is 32.7 Å². The molecule has 1 fully saturated rings. The first-order valence-corrected chi connectivity index (χ1v) is 11.3. The zero-order valence-electron chi connectivity index (χ0n) is 18.8. The quantitative estimate of drug-likeness (QED) is 0.526. The highest BCUT2D eigenvalue weighted by Crippen LogP contribution is 2.26. The highest BCUT2D eigenvalue weighted by molar-refractivity contribution is 5.84. The second-order valence-corrected chi connectivity index (χ2v) is 8.15. The Morgan fingerprint density at radius 2 is 1.78 bits per heavy atom. The Hall–Kier alpha value is -3.12. The van der Waals surface area contributed by atoms with Crippen LogP contribution in [-0.2, 0) is 11.3 Å². The van der Waals surface area contributed by atoms with E-state index in [1.807, 2.05) is 54.3 Å². The van der Waals surface area contributed by atoms with Gasteiger partial charge in [0.1, 0.15) is 11.3 Å². The summed E-state index contributed by atoms with van der Waals surface area (Å²) in [6.07, 6.45) is 0.789. The molecule has 1 amide bonds. The van der Waals surface area contributed by atoms with Crippen LogP contribution < -0.4 is 10.4 Å². The normalized spacial score (nSPS) is 15.6. The molecule has 32 heavy (non-hydrogen) atoms. The highest BCUT2D eigenvalue weighted by atomic mass is 16.5. The molecule has 1 saturated heterocycles. The summed E-state index contributed by atoms with van der Waals surface area (Å²) in [5.74, 6) is 0.866. The summed E-state index contributed by atoms with van der Waals surface area (Å²) in [4.78, 5) is 29.5. The van der Waals surface area contributed by atoms with Gasteiger partial charge >= 0.3 is 5.63 Å². The largest absolute Gasteiger partial charge is 0.494 e. The number of piperazine rings is 1. The fraction of sp³-hybridized carbons (Fsp3) is 0.385. The maximum atomic E-state index is 13.2. The van der Waals surface area contributed by atoms with E-state index in [1.165, 1.54) is 0 Å². The van der Waals surface area contributed by atoms with Gasteiger partial charge in [-0.25, -0.2) is 4.79 Å². The predicted molar refractivity (Wildman–Crippen MR) is 125 cm³/mol. The van der Waals surface area contributed by atoms with Gasteiger partial charge in [0.15, 0.2) is 0 Å². The molecular weight excluding hydrogens is 404 g/mol. The molecule has 0 bridgehead atoms. The lowest BCUT2D eigenvalue weighted by molar-refractivity contribution is -0.134. The van der Waals surface area contributed by atoms with E-state index in [2.05, 4.69) is 11.8 Å². The zero-order chi connectivity index (χ0) is 22.5. The molecule has 6 heteroatoms. The summed E-state index contributed by atoms with van der Waals surface area (Å²) >= 11 is 0. The Bertz CT molecular complexity index is 1120. The van der Waals surface area contributed by atoms with Crippen LogP contribution in [0.3, 0.4) is 0 Å². The minimum Gasteiger partial charge on any atom is -0.494 e.